The van der Waals surface area contributed by atoms with Gasteiger partial charge in [0.1, 0.15) is 11.5 Å². The van der Waals surface area contributed by atoms with Gasteiger partial charge in [0, 0.05) is 23.7 Å². The van der Waals surface area contributed by atoms with Gasteiger partial charge in [-0.3, -0.25) is 4.79 Å². The fourth-order valence-electron chi connectivity index (χ4n) is 1.90. The molecule has 2 N–H and O–H groups in total. The summed E-state index contributed by atoms with van der Waals surface area (Å²) in [7, 11) is 3.24. The fourth-order valence-corrected chi connectivity index (χ4v) is 1.90. The number of benzene rings is 1. The lowest BCUT2D eigenvalue weighted by atomic mass is 10.1. The van der Waals surface area contributed by atoms with Crippen molar-refractivity contribution in [2.45, 2.75) is 32.9 Å². The van der Waals surface area contributed by atoms with Crippen molar-refractivity contribution >= 4 is 5.91 Å². The van der Waals surface area contributed by atoms with E-state index in [-0.39, 0.29) is 24.5 Å². The third-order valence-electron chi connectivity index (χ3n) is 2.93. The summed E-state index contributed by atoms with van der Waals surface area (Å²) < 4.78 is 10.5. The van der Waals surface area contributed by atoms with Gasteiger partial charge in [-0.1, -0.05) is 6.07 Å². The Hall–Kier alpha value is -1.75. The average molecular weight is 280 g/mol. The number of carbonyl (C=O) groups excluding carboxylic acids is 1. The van der Waals surface area contributed by atoms with E-state index in [0.717, 1.165) is 17.1 Å². The molecule has 1 aromatic rings. The SMILES string of the molecule is COc1ccc(C(C)NCC(=O)NC(C)C)c(OC)c1. The average Bonchev–Trinajstić information content (AvgIpc) is 2.43. The first-order valence-electron chi connectivity index (χ1n) is 6.72. The van der Waals surface area contributed by atoms with Crippen LogP contribution in [0.3, 0.4) is 0 Å². The van der Waals surface area contributed by atoms with Gasteiger partial charge in [-0.15, -0.1) is 0 Å². The molecule has 0 aromatic heterocycles. The lowest BCUT2D eigenvalue weighted by molar-refractivity contribution is -0.120. The third kappa shape index (κ3) is 4.74. The fraction of sp³-hybridized carbons (Fsp3) is 0.533. The van der Waals surface area contributed by atoms with Gasteiger partial charge < -0.3 is 20.1 Å². The summed E-state index contributed by atoms with van der Waals surface area (Å²) in [5.41, 5.74) is 0.991. The molecular formula is C15H24N2O3. The number of nitrogens with one attached hydrogen (secondary N) is 2. The highest BCUT2D eigenvalue weighted by Crippen LogP contribution is 2.29. The van der Waals surface area contributed by atoms with Crippen molar-refractivity contribution in [2.75, 3.05) is 20.8 Å². The van der Waals surface area contributed by atoms with Crippen LogP contribution in [0.5, 0.6) is 11.5 Å². The van der Waals surface area contributed by atoms with Crippen molar-refractivity contribution in [3.05, 3.63) is 23.8 Å². The van der Waals surface area contributed by atoms with E-state index in [1.54, 1.807) is 14.2 Å². The van der Waals surface area contributed by atoms with Crippen LogP contribution in [0, 0.1) is 0 Å². The van der Waals surface area contributed by atoms with E-state index in [2.05, 4.69) is 10.6 Å². The van der Waals surface area contributed by atoms with Crippen molar-refractivity contribution in [1.82, 2.24) is 10.6 Å². The minimum Gasteiger partial charge on any atom is -0.497 e. The molecule has 0 heterocycles. The topological polar surface area (TPSA) is 59.6 Å². The van der Waals surface area contributed by atoms with Crippen LogP contribution in [0.15, 0.2) is 18.2 Å². The molecule has 0 aliphatic heterocycles. The maximum Gasteiger partial charge on any atom is 0.234 e. The number of methoxy groups -OCH3 is 2. The van der Waals surface area contributed by atoms with Crippen molar-refractivity contribution < 1.29 is 14.3 Å². The van der Waals surface area contributed by atoms with Gasteiger partial charge in [-0.25, -0.2) is 0 Å². The first-order valence-corrected chi connectivity index (χ1v) is 6.72. The maximum absolute atomic E-state index is 11.6. The van der Waals surface area contributed by atoms with Crippen LogP contribution < -0.4 is 20.1 Å². The molecule has 1 amide bonds. The van der Waals surface area contributed by atoms with Crippen molar-refractivity contribution in [2.24, 2.45) is 0 Å². The number of amides is 1. The summed E-state index contributed by atoms with van der Waals surface area (Å²) in [5.74, 6) is 1.48. The Morgan fingerprint density at radius 3 is 2.45 bits per heavy atom. The van der Waals surface area contributed by atoms with E-state index in [1.165, 1.54) is 0 Å². The summed E-state index contributed by atoms with van der Waals surface area (Å²) in [6, 6.07) is 5.81. The van der Waals surface area contributed by atoms with E-state index in [4.69, 9.17) is 9.47 Å². The zero-order valence-corrected chi connectivity index (χ0v) is 12.8. The van der Waals surface area contributed by atoms with Crippen LogP contribution in [0.25, 0.3) is 0 Å². The Morgan fingerprint density at radius 2 is 1.90 bits per heavy atom. The molecule has 1 aromatic carbocycles. The second-order valence-corrected chi connectivity index (χ2v) is 4.93. The third-order valence-corrected chi connectivity index (χ3v) is 2.93. The molecule has 0 radical (unpaired) electrons. The lowest BCUT2D eigenvalue weighted by Gasteiger charge is -2.18. The summed E-state index contributed by atoms with van der Waals surface area (Å²) >= 11 is 0. The molecule has 1 atom stereocenters. The number of carbonyl (C=O) groups is 1. The summed E-state index contributed by atoms with van der Waals surface area (Å²) in [6.07, 6.45) is 0. The summed E-state index contributed by atoms with van der Waals surface area (Å²) in [5, 5.41) is 6.03. The summed E-state index contributed by atoms with van der Waals surface area (Å²) in [4.78, 5) is 11.6. The van der Waals surface area contributed by atoms with Crippen LogP contribution in [0.4, 0.5) is 0 Å². The number of ether oxygens (including phenoxy) is 2. The van der Waals surface area contributed by atoms with Gasteiger partial charge in [0.25, 0.3) is 0 Å². The number of hydrogen-bond acceptors (Lipinski definition) is 4. The van der Waals surface area contributed by atoms with E-state index < -0.39 is 0 Å². The molecule has 0 bridgehead atoms. The Labute approximate surface area is 120 Å². The molecular weight excluding hydrogens is 256 g/mol. The molecule has 1 rings (SSSR count). The molecule has 0 spiro atoms. The Bertz CT molecular complexity index is 447. The highest BCUT2D eigenvalue weighted by atomic mass is 16.5. The standard InChI is InChI=1S/C15H24N2O3/c1-10(2)17-15(18)9-16-11(3)13-7-6-12(19-4)8-14(13)20-5/h6-8,10-11,16H,9H2,1-5H3,(H,17,18). The molecule has 112 valence electrons. The van der Waals surface area contributed by atoms with Crippen LogP contribution in [0.2, 0.25) is 0 Å². The van der Waals surface area contributed by atoms with Gasteiger partial charge in [0.05, 0.1) is 20.8 Å². The van der Waals surface area contributed by atoms with E-state index in [9.17, 15) is 4.79 Å². The van der Waals surface area contributed by atoms with Crippen molar-refractivity contribution in [3.63, 3.8) is 0 Å². The molecule has 1 unspecified atom stereocenters. The predicted molar refractivity (Wildman–Crippen MR) is 79.2 cm³/mol. The Balaban J connectivity index is 2.67. The molecule has 20 heavy (non-hydrogen) atoms. The maximum atomic E-state index is 11.6. The van der Waals surface area contributed by atoms with Crippen LogP contribution in [-0.4, -0.2) is 32.7 Å². The largest absolute Gasteiger partial charge is 0.497 e. The van der Waals surface area contributed by atoms with Gasteiger partial charge in [0.2, 0.25) is 5.91 Å². The molecule has 0 aliphatic carbocycles. The molecule has 5 heteroatoms. The van der Waals surface area contributed by atoms with E-state index in [0.29, 0.717) is 0 Å². The molecule has 0 aliphatic rings. The lowest BCUT2D eigenvalue weighted by Crippen LogP contribution is -2.38. The minimum absolute atomic E-state index is 0.00812. The summed E-state index contributed by atoms with van der Waals surface area (Å²) in [6.45, 7) is 6.14. The highest BCUT2D eigenvalue weighted by Gasteiger charge is 2.13. The normalized spacial score (nSPS) is 12.1. The van der Waals surface area contributed by atoms with Crippen LogP contribution in [-0.2, 0) is 4.79 Å². The van der Waals surface area contributed by atoms with Gasteiger partial charge in [0.15, 0.2) is 0 Å². The molecule has 0 saturated heterocycles. The van der Waals surface area contributed by atoms with Gasteiger partial charge in [-0.2, -0.15) is 0 Å². The number of rotatable bonds is 7. The highest BCUT2D eigenvalue weighted by molar-refractivity contribution is 5.78. The predicted octanol–water partition coefficient (Wildman–Crippen LogP) is 1.88. The second-order valence-electron chi connectivity index (χ2n) is 4.93. The smallest absolute Gasteiger partial charge is 0.234 e. The second kappa shape index (κ2) is 7.75. The van der Waals surface area contributed by atoms with E-state index in [1.807, 2.05) is 39.0 Å². The minimum atomic E-state index is -0.0145. The molecule has 0 fully saturated rings. The monoisotopic (exact) mass is 280 g/mol. The first-order chi connectivity index (χ1) is 9.47. The van der Waals surface area contributed by atoms with Gasteiger partial charge in [-0.05, 0) is 26.8 Å². The number of hydrogen-bond donors (Lipinski definition) is 2. The zero-order valence-electron chi connectivity index (χ0n) is 12.8. The van der Waals surface area contributed by atoms with Crippen LogP contribution >= 0.6 is 0 Å². The van der Waals surface area contributed by atoms with Crippen molar-refractivity contribution in [3.8, 4) is 11.5 Å². The Morgan fingerprint density at radius 1 is 1.20 bits per heavy atom. The van der Waals surface area contributed by atoms with Crippen LogP contribution in [0.1, 0.15) is 32.4 Å². The quantitative estimate of drug-likeness (QED) is 0.800. The Kier molecular flexibility index (Phi) is 6.31. The first kappa shape index (κ1) is 16.3. The van der Waals surface area contributed by atoms with Gasteiger partial charge >= 0.3 is 0 Å². The van der Waals surface area contributed by atoms with E-state index >= 15 is 0 Å². The molecule has 5 nitrogen and oxygen atoms in total. The molecule has 0 saturated carbocycles. The van der Waals surface area contributed by atoms with Crippen molar-refractivity contribution in [1.29, 1.82) is 0 Å². The zero-order chi connectivity index (χ0) is 15.1.